The van der Waals surface area contributed by atoms with Gasteiger partial charge in [0.1, 0.15) is 18.4 Å². The van der Waals surface area contributed by atoms with E-state index in [4.69, 9.17) is 16.3 Å². The van der Waals surface area contributed by atoms with Crippen molar-refractivity contribution in [1.29, 1.82) is 0 Å². The fraction of sp³-hybridized carbons (Fsp3) is 0.0952. The molecule has 0 fully saturated rings. The first kappa shape index (κ1) is 20.3. The number of esters is 1. The number of benzene rings is 2. The number of methoxy groups -OCH3 is 1. The van der Waals surface area contributed by atoms with E-state index >= 15 is 0 Å². The highest BCUT2D eigenvalue weighted by Crippen LogP contribution is 2.20. The zero-order valence-electron chi connectivity index (χ0n) is 16.3. The monoisotopic (exact) mass is 437 g/mol. The zero-order valence-corrected chi connectivity index (χ0v) is 17.0. The zero-order chi connectivity index (χ0) is 22.0. The van der Waals surface area contributed by atoms with Gasteiger partial charge in [-0.2, -0.15) is 10.2 Å². The third-order valence-corrected chi connectivity index (χ3v) is 4.78. The van der Waals surface area contributed by atoms with Gasteiger partial charge in [-0.15, -0.1) is 0 Å². The summed E-state index contributed by atoms with van der Waals surface area (Å²) in [4.78, 5) is 37.1. The number of carbonyl (C=O) groups excluding carboxylic acids is 2. The second-order valence-corrected chi connectivity index (χ2v) is 6.98. The molecule has 31 heavy (non-hydrogen) atoms. The predicted octanol–water partition coefficient (Wildman–Crippen LogP) is 2.64. The molecule has 10 heteroatoms. The molecule has 0 radical (unpaired) electrons. The van der Waals surface area contributed by atoms with Crippen molar-refractivity contribution < 1.29 is 14.3 Å². The Kier molecular flexibility index (Phi) is 5.50. The first-order valence-corrected chi connectivity index (χ1v) is 9.52. The highest BCUT2D eigenvalue weighted by atomic mass is 35.5. The largest absolute Gasteiger partial charge is 0.465 e. The Morgan fingerprint density at radius 2 is 1.87 bits per heavy atom. The van der Waals surface area contributed by atoms with Gasteiger partial charge in [0, 0.05) is 10.6 Å². The minimum Gasteiger partial charge on any atom is -0.465 e. The normalized spacial score (nSPS) is 10.8. The molecule has 0 unspecified atom stereocenters. The van der Waals surface area contributed by atoms with E-state index in [1.54, 1.807) is 48.5 Å². The molecule has 0 spiro atoms. The number of fused-ring (bicyclic) bond motifs is 1. The maximum atomic E-state index is 12.8. The number of rotatable bonds is 5. The molecule has 0 saturated heterocycles. The van der Waals surface area contributed by atoms with E-state index in [0.717, 1.165) is 10.2 Å². The molecule has 1 N–H and O–H groups in total. The predicted molar refractivity (Wildman–Crippen MR) is 114 cm³/mol. The first-order chi connectivity index (χ1) is 15.0. The molecule has 1 amide bonds. The number of ether oxygens (including phenoxy) is 1. The lowest BCUT2D eigenvalue weighted by atomic mass is 10.1. The quantitative estimate of drug-likeness (QED) is 0.481. The van der Waals surface area contributed by atoms with Crippen LogP contribution in [0.2, 0.25) is 5.02 Å². The lowest BCUT2D eigenvalue weighted by Gasteiger charge is -2.10. The Balaban J connectivity index is 1.59. The number of halogens is 1. The number of hydrogen-bond acceptors (Lipinski definition) is 6. The van der Waals surface area contributed by atoms with E-state index in [9.17, 15) is 14.4 Å². The summed E-state index contributed by atoms with van der Waals surface area (Å²) in [5.74, 6) is -1.10. The Hall–Kier alpha value is -3.98. The molecular formula is C21H16ClN5O4. The molecule has 0 bridgehead atoms. The summed E-state index contributed by atoms with van der Waals surface area (Å²) < 4.78 is 7.10. The highest BCUT2D eigenvalue weighted by molar-refractivity contribution is 6.30. The molecule has 0 atom stereocenters. The van der Waals surface area contributed by atoms with Crippen LogP contribution in [-0.4, -0.2) is 38.4 Å². The Bertz CT molecular complexity index is 1340. The number of carbonyl (C=O) groups is 2. The van der Waals surface area contributed by atoms with Gasteiger partial charge in [0.05, 0.1) is 24.1 Å². The third kappa shape index (κ3) is 4.17. The van der Waals surface area contributed by atoms with Crippen LogP contribution in [0.4, 0.5) is 5.69 Å². The second kappa shape index (κ2) is 8.41. The van der Waals surface area contributed by atoms with Crippen LogP contribution in [0.3, 0.4) is 0 Å². The van der Waals surface area contributed by atoms with Gasteiger partial charge in [0.2, 0.25) is 5.91 Å². The van der Waals surface area contributed by atoms with Crippen molar-refractivity contribution in [2.24, 2.45) is 0 Å². The number of aromatic nitrogens is 4. The van der Waals surface area contributed by atoms with Crippen LogP contribution < -0.4 is 10.9 Å². The van der Waals surface area contributed by atoms with Gasteiger partial charge < -0.3 is 10.1 Å². The fourth-order valence-electron chi connectivity index (χ4n) is 3.02. The van der Waals surface area contributed by atoms with E-state index in [1.165, 1.54) is 24.0 Å². The van der Waals surface area contributed by atoms with Crippen LogP contribution in [0, 0.1) is 0 Å². The molecule has 156 valence electrons. The minimum atomic E-state index is -0.582. The van der Waals surface area contributed by atoms with Gasteiger partial charge in [0.25, 0.3) is 5.56 Å². The van der Waals surface area contributed by atoms with Crippen LogP contribution in [0.15, 0.2) is 65.7 Å². The molecule has 0 aliphatic carbocycles. The average molecular weight is 438 g/mol. The van der Waals surface area contributed by atoms with E-state index in [0.29, 0.717) is 10.7 Å². The maximum absolute atomic E-state index is 12.8. The van der Waals surface area contributed by atoms with E-state index in [-0.39, 0.29) is 23.3 Å². The van der Waals surface area contributed by atoms with Gasteiger partial charge in [0.15, 0.2) is 0 Å². The summed E-state index contributed by atoms with van der Waals surface area (Å²) >= 11 is 5.91. The summed E-state index contributed by atoms with van der Waals surface area (Å²) in [5, 5.41) is 11.6. The fourth-order valence-corrected chi connectivity index (χ4v) is 3.14. The van der Waals surface area contributed by atoms with Crippen LogP contribution >= 0.6 is 11.6 Å². The number of nitrogens with zero attached hydrogens (tertiary/aromatic N) is 4. The molecular weight excluding hydrogens is 422 g/mol. The summed E-state index contributed by atoms with van der Waals surface area (Å²) in [6.07, 6.45) is 1.35. The van der Waals surface area contributed by atoms with E-state index in [1.807, 2.05) is 0 Å². The van der Waals surface area contributed by atoms with Crippen LogP contribution in [-0.2, 0) is 16.1 Å². The third-order valence-electron chi connectivity index (χ3n) is 4.53. The molecule has 0 aliphatic rings. The van der Waals surface area contributed by atoms with Crippen LogP contribution in [0.25, 0.3) is 16.8 Å². The number of anilines is 1. The molecule has 4 rings (SSSR count). The summed E-state index contributed by atoms with van der Waals surface area (Å²) in [7, 11) is 1.25. The number of nitrogens with one attached hydrogen (secondary N) is 1. The summed E-state index contributed by atoms with van der Waals surface area (Å²) in [6.45, 7) is -0.341. The SMILES string of the molecule is COC(=O)c1ccccc1NC(=O)Cn1ncn2nc(-c3ccc(Cl)cc3)cc2c1=O. The van der Waals surface area contributed by atoms with Crippen molar-refractivity contribution in [3.8, 4) is 11.3 Å². The second-order valence-electron chi connectivity index (χ2n) is 6.55. The lowest BCUT2D eigenvalue weighted by Crippen LogP contribution is -2.31. The average Bonchev–Trinajstić information content (AvgIpc) is 3.21. The molecule has 2 heterocycles. The summed E-state index contributed by atoms with van der Waals surface area (Å²) in [6, 6.07) is 15.1. The Morgan fingerprint density at radius 3 is 2.61 bits per heavy atom. The van der Waals surface area contributed by atoms with Crippen molar-refractivity contribution in [2.75, 3.05) is 12.4 Å². The molecule has 4 aromatic rings. The molecule has 0 aliphatic heterocycles. The Labute approximate surface area is 180 Å². The van der Waals surface area contributed by atoms with E-state index in [2.05, 4.69) is 15.5 Å². The van der Waals surface area contributed by atoms with Crippen molar-refractivity contribution in [1.82, 2.24) is 19.4 Å². The van der Waals surface area contributed by atoms with Gasteiger partial charge in [-0.3, -0.25) is 9.59 Å². The van der Waals surface area contributed by atoms with Crippen molar-refractivity contribution in [3.05, 3.63) is 81.9 Å². The molecule has 2 aromatic carbocycles. The van der Waals surface area contributed by atoms with Gasteiger partial charge in [-0.05, 0) is 30.3 Å². The highest BCUT2D eigenvalue weighted by Gasteiger charge is 2.16. The Morgan fingerprint density at radius 1 is 1.13 bits per heavy atom. The van der Waals surface area contributed by atoms with Crippen LogP contribution in [0.1, 0.15) is 10.4 Å². The molecule has 0 saturated carbocycles. The molecule has 2 aromatic heterocycles. The first-order valence-electron chi connectivity index (χ1n) is 9.15. The van der Waals surface area contributed by atoms with Gasteiger partial charge >= 0.3 is 5.97 Å². The maximum Gasteiger partial charge on any atom is 0.339 e. The summed E-state index contributed by atoms with van der Waals surface area (Å²) in [5.41, 5.74) is 1.63. The topological polar surface area (TPSA) is 108 Å². The van der Waals surface area contributed by atoms with Crippen LogP contribution in [0.5, 0.6) is 0 Å². The lowest BCUT2D eigenvalue weighted by molar-refractivity contribution is -0.117. The number of amides is 1. The minimum absolute atomic E-state index is 0.206. The van der Waals surface area contributed by atoms with E-state index < -0.39 is 17.4 Å². The smallest absolute Gasteiger partial charge is 0.339 e. The van der Waals surface area contributed by atoms with Crippen molar-refractivity contribution in [3.63, 3.8) is 0 Å². The van der Waals surface area contributed by atoms with Crippen molar-refractivity contribution >= 4 is 34.7 Å². The molecule has 9 nitrogen and oxygen atoms in total. The number of para-hydroxylation sites is 1. The van der Waals surface area contributed by atoms with Gasteiger partial charge in [-0.25, -0.2) is 14.0 Å². The van der Waals surface area contributed by atoms with Crippen molar-refractivity contribution in [2.45, 2.75) is 6.54 Å². The number of hydrogen-bond donors (Lipinski definition) is 1. The standard InChI is InChI=1S/C21H16ClN5O4/c1-31-21(30)15-4-2-3-5-16(15)24-19(28)11-26-20(29)18-10-17(25-27(18)12-23-26)13-6-8-14(22)9-7-13/h2-10,12H,11H2,1H3,(H,24,28). The van der Waals surface area contributed by atoms with Gasteiger partial charge in [-0.1, -0.05) is 35.9 Å².